The van der Waals surface area contributed by atoms with Gasteiger partial charge in [0.1, 0.15) is 0 Å². The van der Waals surface area contributed by atoms with Gasteiger partial charge in [0, 0.05) is 17.6 Å². The maximum atomic E-state index is 13.4. The van der Waals surface area contributed by atoms with Crippen LogP contribution in [0.4, 0.5) is 10.5 Å². The number of anilines is 1. The van der Waals surface area contributed by atoms with Gasteiger partial charge >= 0.3 is 6.09 Å². The van der Waals surface area contributed by atoms with Crippen molar-refractivity contribution in [2.24, 2.45) is 0 Å². The molecule has 0 saturated carbocycles. The van der Waals surface area contributed by atoms with Crippen LogP contribution in [0.2, 0.25) is 0 Å². The van der Waals surface area contributed by atoms with Crippen molar-refractivity contribution in [1.82, 2.24) is 15.6 Å². The molecule has 0 aliphatic carbocycles. The van der Waals surface area contributed by atoms with Gasteiger partial charge in [-0.15, -0.1) is 11.3 Å². The minimum Gasteiger partial charge on any atom is -0.453 e. The van der Waals surface area contributed by atoms with Crippen molar-refractivity contribution in [2.75, 3.05) is 19.4 Å². The number of ether oxygens (including phenoxy) is 1. The molecular weight excluding hydrogens is 424 g/mol. The lowest BCUT2D eigenvalue weighted by atomic mass is 9.96. The molecule has 168 valence electrons. The number of methoxy groups -OCH3 is 1. The molecule has 32 heavy (non-hydrogen) atoms. The highest BCUT2D eigenvalue weighted by Crippen LogP contribution is 2.24. The number of carbonyl (C=O) groups excluding carboxylic acids is 2. The first-order valence-corrected chi connectivity index (χ1v) is 11.3. The molecule has 0 bridgehead atoms. The summed E-state index contributed by atoms with van der Waals surface area (Å²) in [4.78, 5) is 29.7. The van der Waals surface area contributed by atoms with Crippen molar-refractivity contribution in [3.05, 3.63) is 81.8 Å². The fraction of sp³-hybridized carbons (Fsp3) is 0.292. The van der Waals surface area contributed by atoms with Crippen LogP contribution in [0.15, 0.2) is 60.0 Å². The molecule has 3 rings (SSSR count). The summed E-state index contributed by atoms with van der Waals surface area (Å²) in [5.41, 5.74) is 9.18. The molecule has 0 aliphatic rings. The van der Waals surface area contributed by atoms with Crippen LogP contribution < -0.4 is 16.4 Å². The van der Waals surface area contributed by atoms with Gasteiger partial charge in [-0.05, 0) is 36.1 Å². The first-order chi connectivity index (χ1) is 15.5. The van der Waals surface area contributed by atoms with Gasteiger partial charge in [-0.25, -0.2) is 9.78 Å². The molecule has 0 saturated heterocycles. The summed E-state index contributed by atoms with van der Waals surface area (Å²) in [7, 11) is 1.29. The molecule has 4 N–H and O–H groups in total. The SMILES string of the molecule is CCc1nc([C@H](Cc2ccc(N)cc2)NC(=O)C(CNC(=O)OC)c2ccccc2)cs1. The van der Waals surface area contributed by atoms with Gasteiger partial charge in [-0.2, -0.15) is 0 Å². The van der Waals surface area contributed by atoms with E-state index in [9.17, 15) is 9.59 Å². The fourth-order valence-corrected chi connectivity index (χ4v) is 4.14. The molecule has 7 nitrogen and oxygen atoms in total. The molecule has 0 fully saturated rings. The topological polar surface area (TPSA) is 106 Å². The van der Waals surface area contributed by atoms with Crippen molar-refractivity contribution in [2.45, 2.75) is 31.7 Å². The van der Waals surface area contributed by atoms with Crippen LogP contribution in [-0.2, 0) is 22.4 Å². The van der Waals surface area contributed by atoms with Gasteiger partial charge in [0.15, 0.2) is 0 Å². The number of nitrogens with two attached hydrogens (primary N) is 1. The highest BCUT2D eigenvalue weighted by molar-refractivity contribution is 7.09. The standard InChI is InChI=1S/C24H28N4O3S/c1-3-22-27-21(15-32-22)20(13-16-9-11-18(25)12-10-16)28-23(29)19(14-26-24(30)31-2)17-7-5-4-6-8-17/h4-12,15,19-20H,3,13-14,25H2,1-2H3,(H,26,30)(H,28,29)/t19?,20-/m0/s1. The fourth-order valence-electron chi connectivity index (χ4n) is 3.34. The molecule has 0 radical (unpaired) electrons. The largest absolute Gasteiger partial charge is 0.453 e. The Morgan fingerprint density at radius 2 is 1.84 bits per heavy atom. The Morgan fingerprint density at radius 1 is 1.12 bits per heavy atom. The Hall–Kier alpha value is -3.39. The zero-order valence-electron chi connectivity index (χ0n) is 18.2. The Morgan fingerprint density at radius 3 is 2.47 bits per heavy atom. The number of amides is 2. The van der Waals surface area contributed by atoms with Gasteiger partial charge in [0.2, 0.25) is 5.91 Å². The van der Waals surface area contributed by atoms with Gasteiger partial charge in [0.05, 0.1) is 29.8 Å². The summed E-state index contributed by atoms with van der Waals surface area (Å²) >= 11 is 1.58. The van der Waals surface area contributed by atoms with Crippen molar-refractivity contribution in [3.63, 3.8) is 0 Å². The number of benzene rings is 2. The lowest BCUT2D eigenvalue weighted by molar-refractivity contribution is -0.123. The van der Waals surface area contributed by atoms with Crippen molar-refractivity contribution < 1.29 is 14.3 Å². The summed E-state index contributed by atoms with van der Waals surface area (Å²) in [5, 5.41) is 8.81. The predicted octanol–water partition coefficient (Wildman–Crippen LogP) is 3.83. The predicted molar refractivity (Wildman–Crippen MR) is 127 cm³/mol. The molecule has 2 aromatic carbocycles. The summed E-state index contributed by atoms with van der Waals surface area (Å²) in [6.45, 7) is 2.18. The summed E-state index contributed by atoms with van der Waals surface area (Å²) in [6, 6.07) is 16.7. The Labute approximate surface area is 192 Å². The Kier molecular flexibility index (Phi) is 8.21. The minimum absolute atomic E-state index is 0.119. The molecule has 3 aromatic rings. The molecule has 2 amide bonds. The van der Waals surface area contributed by atoms with Crippen molar-refractivity contribution >= 4 is 29.0 Å². The van der Waals surface area contributed by atoms with Crippen molar-refractivity contribution in [3.8, 4) is 0 Å². The third kappa shape index (κ3) is 6.31. The quantitative estimate of drug-likeness (QED) is 0.428. The lowest BCUT2D eigenvalue weighted by Gasteiger charge is -2.23. The van der Waals surface area contributed by atoms with E-state index in [4.69, 9.17) is 10.7 Å². The normalized spacial score (nSPS) is 12.6. The number of thiazole rings is 1. The van der Waals surface area contributed by atoms with E-state index in [-0.39, 0.29) is 18.5 Å². The zero-order valence-corrected chi connectivity index (χ0v) is 19.0. The van der Waals surface area contributed by atoms with Gasteiger partial charge in [0.25, 0.3) is 0 Å². The number of carbonyl (C=O) groups is 2. The molecular formula is C24H28N4O3S. The van der Waals surface area contributed by atoms with Crippen LogP contribution in [-0.4, -0.2) is 30.6 Å². The maximum absolute atomic E-state index is 13.4. The third-order valence-electron chi connectivity index (χ3n) is 5.12. The van der Waals surface area contributed by atoms with E-state index in [1.165, 1.54) is 7.11 Å². The smallest absolute Gasteiger partial charge is 0.406 e. The second kappa shape index (κ2) is 11.3. The average Bonchev–Trinajstić information content (AvgIpc) is 3.30. The van der Waals surface area contributed by atoms with Crippen LogP contribution in [0.5, 0.6) is 0 Å². The lowest BCUT2D eigenvalue weighted by Crippen LogP contribution is -2.39. The minimum atomic E-state index is -0.579. The molecule has 1 unspecified atom stereocenters. The summed E-state index contributed by atoms with van der Waals surface area (Å²) in [6.07, 6.45) is 0.831. The number of aromatic nitrogens is 1. The second-order valence-corrected chi connectivity index (χ2v) is 8.30. The number of hydrogen-bond donors (Lipinski definition) is 3. The molecule has 0 spiro atoms. The first kappa shape index (κ1) is 23.3. The van der Waals surface area contributed by atoms with Gasteiger partial charge in [-0.1, -0.05) is 49.4 Å². The number of nitrogens with one attached hydrogen (secondary N) is 2. The highest BCUT2D eigenvalue weighted by Gasteiger charge is 2.26. The van der Waals surface area contributed by atoms with Crippen LogP contribution in [0.25, 0.3) is 0 Å². The summed E-state index contributed by atoms with van der Waals surface area (Å²) in [5.74, 6) is -0.771. The van der Waals surface area contributed by atoms with Gasteiger partial charge in [-0.3, -0.25) is 4.79 Å². The third-order valence-corrected chi connectivity index (χ3v) is 6.13. The molecule has 2 atom stereocenters. The number of hydrogen-bond acceptors (Lipinski definition) is 6. The highest BCUT2D eigenvalue weighted by atomic mass is 32.1. The Balaban J connectivity index is 1.84. The number of aryl methyl sites for hydroxylation is 1. The molecule has 0 aliphatic heterocycles. The van der Waals surface area contributed by atoms with E-state index in [1.54, 1.807) is 11.3 Å². The van der Waals surface area contributed by atoms with Crippen LogP contribution in [0.1, 0.15) is 40.7 Å². The van der Waals surface area contributed by atoms with Crippen LogP contribution in [0.3, 0.4) is 0 Å². The zero-order chi connectivity index (χ0) is 22.9. The van der Waals surface area contributed by atoms with Gasteiger partial charge < -0.3 is 21.1 Å². The van der Waals surface area contributed by atoms with Crippen molar-refractivity contribution in [1.29, 1.82) is 0 Å². The number of alkyl carbamates (subject to hydrolysis) is 1. The van der Waals surface area contributed by atoms with E-state index in [2.05, 4.69) is 22.3 Å². The number of nitrogens with zero attached hydrogens (tertiary/aromatic N) is 1. The summed E-state index contributed by atoms with van der Waals surface area (Å²) < 4.78 is 4.67. The van der Waals surface area contributed by atoms with E-state index >= 15 is 0 Å². The van der Waals surface area contributed by atoms with E-state index in [0.717, 1.165) is 28.2 Å². The average molecular weight is 453 g/mol. The monoisotopic (exact) mass is 452 g/mol. The molecule has 1 aromatic heterocycles. The number of rotatable bonds is 9. The molecule has 1 heterocycles. The van der Waals surface area contributed by atoms with E-state index in [1.807, 2.05) is 60.0 Å². The van der Waals surface area contributed by atoms with Crippen LogP contribution >= 0.6 is 11.3 Å². The number of nitrogen functional groups attached to an aromatic ring is 1. The van der Waals surface area contributed by atoms with Crippen LogP contribution in [0, 0.1) is 0 Å². The first-order valence-electron chi connectivity index (χ1n) is 10.5. The maximum Gasteiger partial charge on any atom is 0.406 e. The van der Waals surface area contributed by atoms with E-state index in [0.29, 0.717) is 12.1 Å². The second-order valence-electron chi connectivity index (χ2n) is 7.36. The Bertz CT molecular complexity index is 1020. The molecule has 8 heteroatoms. The van der Waals surface area contributed by atoms with E-state index < -0.39 is 12.0 Å².